The molecule has 0 bridgehead atoms. The SMILES string of the molecule is CCCNC(CCc1cccc2ccncc12)C1CC1. The highest BCUT2D eigenvalue weighted by molar-refractivity contribution is 5.84. The zero-order chi connectivity index (χ0) is 13.8. The molecule has 1 N–H and O–H groups in total. The first-order chi connectivity index (χ1) is 9.88. The van der Waals surface area contributed by atoms with Gasteiger partial charge in [0.25, 0.3) is 0 Å². The average Bonchev–Trinajstić information content (AvgIpc) is 3.32. The summed E-state index contributed by atoms with van der Waals surface area (Å²) in [6.45, 7) is 3.39. The summed E-state index contributed by atoms with van der Waals surface area (Å²) in [6, 6.07) is 9.42. The molecule has 0 spiro atoms. The van der Waals surface area contributed by atoms with E-state index in [1.54, 1.807) is 0 Å². The van der Waals surface area contributed by atoms with Crippen LogP contribution in [0.1, 0.15) is 38.2 Å². The quantitative estimate of drug-likeness (QED) is 0.822. The molecule has 1 aromatic heterocycles. The summed E-state index contributed by atoms with van der Waals surface area (Å²) in [7, 11) is 0. The van der Waals surface area contributed by atoms with Crippen LogP contribution in [0, 0.1) is 5.92 Å². The molecule has 0 radical (unpaired) electrons. The lowest BCUT2D eigenvalue weighted by Crippen LogP contribution is -2.32. The number of pyridine rings is 1. The fourth-order valence-electron chi connectivity index (χ4n) is 3.04. The Bertz CT molecular complexity index is 555. The molecular formula is C18H24N2. The standard InChI is InChI=1S/C18H24N2/c1-2-11-20-18(16-6-7-16)9-8-14-4-3-5-15-10-12-19-13-17(14)15/h3-5,10,12-13,16,18,20H,2,6-9,11H2,1H3. The Labute approximate surface area is 121 Å². The van der Waals surface area contributed by atoms with Crippen molar-refractivity contribution in [3.63, 3.8) is 0 Å². The Balaban J connectivity index is 1.69. The first-order valence-corrected chi connectivity index (χ1v) is 7.93. The van der Waals surface area contributed by atoms with Gasteiger partial charge in [0.2, 0.25) is 0 Å². The monoisotopic (exact) mass is 268 g/mol. The number of rotatable bonds is 7. The van der Waals surface area contributed by atoms with Crippen LogP contribution in [0.2, 0.25) is 0 Å². The highest BCUT2D eigenvalue weighted by Gasteiger charge is 2.30. The van der Waals surface area contributed by atoms with Crippen molar-refractivity contribution < 1.29 is 0 Å². The van der Waals surface area contributed by atoms with E-state index in [0.29, 0.717) is 6.04 Å². The van der Waals surface area contributed by atoms with E-state index in [4.69, 9.17) is 0 Å². The van der Waals surface area contributed by atoms with Gasteiger partial charge >= 0.3 is 0 Å². The second-order valence-electron chi connectivity index (χ2n) is 5.95. The maximum atomic E-state index is 4.28. The number of benzene rings is 1. The van der Waals surface area contributed by atoms with Gasteiger partial charge in [0.1, 0.15) is 0 Å². The van der Waals surface area contributed by atoms with E-state index in [2.05, 4.69) is 41.5 Å². The van der Waals surface area contributed by atoms with Crippen molar-refractivity contribution >= 4 is 10.8 Å². The van der Waals surface area contributed by atoms with Crippen molar-refractivity contribution in [2.45, 2.75) is 45.1 Å². The summed E-state index contributed by atoms with van der Waals surface area (Å²) in [6.07, 6.45) is 10.3. The summed E-state index contributed by atoms with van der Waals surface area (Å²) >= 11 is 0. The van der Waals surface area contributed by atoms with E-state index >= 15 is 0 Å². The summed E-state index contributed by atoms with van der Waals surface area (Å²) in [4.78, 5) is 4.28. The van der Waals surface area contributed by atoms with Crippen molar-refractivity contribution in [1.29, 1.82) is 0 Å². The molecule has 2 nitrogen and oxygen atoms in total. The molecule has 1 unspecified atom stereocenters. The summed E-state index contributed by atoms with van der Waals surface area (Å²) in [5, 5.41) is 6.36. The molecule has 106 valence electrons. The van der Waals surface area contributed by atoms with Crippen molar-refractivity contribution in [3.05, 3.63) is 42.2 Å². The second-order valence-corrected chi connectivity index (χ2v) is 5.95. The number of nitrogens with one attached hydrogen (secondary N) is 1. The minimum Gasteiger partial charge on any atom is -0.314 e. The van der Waals surface area contributed by atoms with Gasteiger partial charge in [-0.25, -0.2) is 0 Å². The predicted octanol–water partition coefficient (Wildman–Crippen LogP) is 3.95. The highest BCUT2D eigenvalue weighted by atomic mass is 14.9. The molecule has 1 aromatic carbocycles. The third-order valence-corrected chi connectivity index (χ3v) is 4.35. The number of aromatic nitrogens is 1. The molecule has 2 heteroatoms. The Hall–Kier alpha value is -1.41. The Morgan fingerprint density at radius 2 is 2.20 bits per heavy atom. The zero-order valence-electron chi connectivity index (χ0n) is 12.3. The first kappa shape index (κ1) is 13.6. The average molecular weight is 268 g/mol. The molecule has 1 fully saturated rings. The third-order valence-electron chi connectivity index (χ3n) is 4.35. The van der Waals surface area contributed by atoms with E-state index in [9.17, 15) is 0 Å². The maximum absolute atomic E-state index is 4.28. The molecule has 1 atom stereocenters. The molecule has 1 aliphatic rings. The van der Waals surface area contributed by atoms with Gasteiger partial charge in [0.05, 0.1) is 0 Å². The Morgan fingerprint density at radius 1 is 1.30 bits per heavy atom. The molecule has 20 heavy (non-hydrogen) atoms. The van der Waals surface area contributed by atoms with Gasteiger partial charge in [-0.2, -0.15) is 0 Å². The van der Waals surface area contributed by atoms with E-state index in [1.165, 1.54) is 42.0 Å². The van der Waals surface area contributed by atoms with Crippen molar-refractivity contribution in [1.82, 2.24) is 10.3 Å². The van der Waals surface area contributed by atoms with Crippen LogP contribution in [0.15, 0.2) is 36.7 Å². The van der Waals surface area contributed by atoms with Crippen LogP contribution in [0.5, 0.6) is 0 Å². The fourth-order valence-corrected chi connectivity index (χ4v) is 3.04. The minimum absolute atomic E-state index is 0.710. The van der Waals surface area contributed by atoms with Crippen LogP contribution in [0.25, 0.3) is 10.8 Å². The third kappa shape index (κ3) is 3.18. The van der Waals surface area contributed by atoms with E-state index in [1.807, 2.05) is 12.4 Å². The molecule has 0 aliphatic heterocycles. The molecule has 0 saturated heterocycles. The Morgan fingerprint density at radius 3 is 3.00 bits per heavy atom. The van der Waals surface area contributed by atoms with Gasteiger partial charge in [-0.3, -0.25) is 4.98 Å². The molecule has 1 heterocycles. The normalized spacial score (nSPS) is 16.4. The van der Waals surface area contributed by atoms with Crippen LogP contribution in [0.3, 0.4) is 0 Å². The van der Waals surface area contributed by atoms with E-state index in [0.717, 1.165) is 18.9 Å². The van der Waals surface area contributed by atoms with Gasteiger partial charge < -0.3 is 5.32 Å². The molecule has 1 aliphatic carbocycles. The number of hydrogen-bond acceptors (Lipinski definition) is 2. The van der Waals surface area contributed by atoms with Crippen LogP contribution >= 0.6 is 0 Å². The van der Waals surface area contributed by atoms with Crippen molar-refractivity contribution in [3.8, 4) is 0 Å². The van der Waals surface area contributed by atoms with E-state index in [-0.39, 0.29) is 0 Å². The first-order valence-electron chi connectivity index (χ1n) is 7.93. The Kier molecular flexibility index (Phi) is 4.31. The van der Waals surface area contributed by atoms with Crippen LogP contribution in [0.4, 0.5) is 0 Å². The largest absolute Gasteiger partial charge is 0.314 e. The number of nitrogens with zero attached hydrogens (tertiary/aromatic N) is 1. The number of fused-ring (bicyclic) bond motifs is 1. The topological polar surface area (TPSA) is 24.9 Å². The number of hydrogen-bond donors (Lipinski definition) is 1. The molecule has 1 saturated carbocycles. The highest BCUT2D eigenvalue weighted by Crippen LogP contribution is 2.34. The molecular weight excluding hydrogens is 244 g/mol. The van der Waals surface area contributed by atoms with Crippen LogP contribution in [-0.4, -0.2) is 17.6 Å². The van der Waals surface area contributed by atoms with Gasteiger partial charge in [-0.1, -0.05) is 25.1 Å². The fraction of sp³-hybridized carbons (Fsp3) is 0.500. The summed E-state index contributed by atoms with van der Waals surface area (Å²) < 4.78 is 0. The predicted molar refractivity (Wildman–Crippen MR) is 84.9 cm³/mol. The van der Waals surface area contributed by atoms with Gasteiger partial charge in [0.15, 0.2) is 0 Å². The zero-order valence-corrected chi connectivity index (χ0v) is 12.3. The molecule has 0 amide bonds. The smallest absolute Gasteiger partial charge is 0.0349 e. The maximum Gasteiger partial charge on any atom is 0.0349 e. The lowest BCUT2D eigenvalue weighted by Gasteiger charge is -2.18. The van der Waals surface area contributed by atoms with Crippen LogP contribution < -0.4 is 5.32 Å². The van der Waals surface area contributed by atoms with Gasteiger partial charge in [0, 0.05) is 23.8 Å². The lowest BCUT2D eigenvalue weighted by molar-refractivity contribution is 0.436. The van der Waals surface area contributed by atoms with E-state index < -0.39 is 0 Å². The second kappa shape index (κ2) is 6.36. The molecule has 2 aromatic rings. The molecule has 3 rings (SSSR count). The van der Waals surface area contributed by atoms with Gasteiger partial charge in [-0.05, 0) is 61.6 Å². The van der Waals surface area contributed by atoms with Gasteiger partial charge in [-0.15, -0.1) is 0 Å². The van der Waals surface area contributed by atoms with Crippen molar-refractivity contribution in [2.75, 3.05) is 6.54 Å². The minimum atomic E-state index is 0.710. The summed E-state index contributed by atoms with van der Waals surface area (Å²) in [5.41, 5.74) is 1.44. The summed E-state index contributed by atoms with van der Waals surface area (Å²) in [5.74, 6) is 0.926. The number of aryl methyl sites for hydroxylation is 1. The lowest BCUT2D eigenvalue weighted by atomic mass is 9.98. The van der Waals surface area contributed by atoms with Crippen LogP contribution in [-0.2, 0) is 6.42 Å². The van der Waals surface area contributed by atoms with Crippen molar-refractivity contribution in [2.24, 2.45) is 5.92 Å².